The number of carbonyl (C=O) groups excluding carboxylic acids is 2. The van der Waals surface area contributed by atoms with E-state index in [-0.39, 0.29) is 18.5 Å². The molecule has 0 radical (unpaired) electrons. The molecule has 1 N–H and O–H groups in total. The summed E-state index contributed by atoms with van der Waals surface area (Å²) in [6, 6.07) is 8.51. The minimum absolute atomic E-state index is 0.205. The van der Waals surface area contributed by atoms with E-state index in [0.717, 1.165) is 4.47 Å². The molecule has 6 nitrogen and oxygen atoms in total. The molecular formula is C16H12BrClN2O4S. The number of nitrogens with one attached hydrogen (secondary N) is 1. The number of amides is 2. The molecule has 25 heavy (non-hydrogen) atoms. The van der Waals surface area contributed by atoms with Gasteiger partial charge in [-0.2, -0.15) is 0 Å². The first-order chi connectivity index (χ1) is 12.0. The van der Waals surface area contributed by atoms with Gasteiger partial charge in [0.2, 0.25) is 0 Å². The molecule has 2 aliphatic heterocycles. The zero-order valence-electron chi connectivity index (χ0n) is 12.7. The Hall–Kier alpha value is -1.77. The molecule has 130 valence electrons. The Labute approximate surface area is 160 Å². The van der Waals surface area contributed by atoms with Crippen LogP contribution < -0.4 is 15.0 Å². The van der Waals surface area contributed by atoms with Crippen molar-refractivity contribution in [3.63, 3.8) is 0 Å². The molecule has 2 aliphatic rings. The van der Waals surface area contributed by atoms with E-state index < -0.39 is 12.2 Å². The Balaban J connectivity index is 1.48. The van der Waals surface area contributed by atoms with Gasteiger partial charge < -0.3 is 14.8 Å². The number of thiophene rings is 1. The number of anilines is 1. The minimum Gasteiger partial charge on any atom is -0.489 e. The van der Waals surface area contributed by atoms with Gasteiger partial charge in [0.1, 0.15) is 24.5 Å². The molecule has 2 aromatic rings. The second kappa shape index (κ2) is 6.51. The maximum atomic E-state index is 12.3. The van der Waals surface area contributed by atoms with Crippen LogP contribution in [0.25, 0.3) is 0 Å². The summed E-state index contributed by atoms with van der Waals surface area (Å²) < 4.78 is 12.6. The first-order valence-corrected chi connectivity index (χ1v) is 9.47. The zero-order chi connectivity index (χ0) is 17.6. The lowest BCUT2D eigenvalue weighted by Crippen LogP contribution is -2.47. The second-order valence-corrected chi connectivity index (χ2v) is 8.23. The number of halogens is 2. The summed E-state index contributed by atoms with van der Waals surface area (Å²) in [4.78, 5) is 26.5. The maximum absolute atomic E-state index is 12.3. The maximum Gasteiger partial charge on any atom is 0.415 e. The van der Waals surface area contributed by atoms with Gasteiger partial charge >= 0.3 is 6.09 Å². The molecule has 0 saturated carbocycles. The van der Waals surface area contributed by atoms with Gasteiger partial charge in [0, 0.05) is 4.47 Å². The number of hydrogen-bond acceptors (Lipinski definition) is 5. The Morgan fingerprint density at radius 2 is 2.24 bits per heavy atom. The predicted octanol–water partition coefficient (Wildman–Crippen LogP) is 3.68. The molecule has 1 aromatic heterocycles. The molecule has 0 spiro atoms. The molecule has 2 unspecified atom stereocenters. The van der Waals surface area contributed by atoms with E-state index in [1.54, 1.807) is 23.1 Å². The van der Waals surface area contributed by atoms with Crippen LogP contribution in [-0.2, 0) is 4.74 Å². The zero-order valence-corrected chi connectivity index (χ0v) is 15.9. The van der Waals surface area contributed by atoms with Gasteiger partial charge in [-0.15, -0.1) is 11.3 Å². The van der Waals surface area contributed by atoms with Crippen molar-refractivity contribution < 1.29 is 19.1 Å². The van der Waals surface area contributed by atoms with Crippen molar-refractivity contribution in [2.45, 2.75) is 12.1 Å². The topological polar surface area (TPSA) is 67.9 Å². The normalized spacial score (nSPS) is 21.2. The van der Waals surface area contributed by atoms with Crippen LogP contribution in [0.15, 0.2) is 34.8 Å². The van der Waals surface area contributed by atoms with Gasteiger partial charge in [-0.1, -0.05) is 27.5 Å². The molecule has 4 rings (SSSR count). The number of cyclic esters (lactones) is 1. The van der Waals surface area contributed by atoms with Crippen molar-refractivity contribution >= 4 is 56.6 Å². The van der Waals surface area contributed by atoms with Gasteiger partial charge in [0.15, 0.2) is 0 Å². The number of rotatable bonds is 3. The van der Waals surface area contributed by atoms with Crippen LogP contribution in [0, 0.1) is 0 Å². The van der Waals surface area contributed by atoms with E-state index >= 15 is 0 Å². The fourth-order valence-electron chi connectivity index (χ4n) is 2.90. The monoisotopic (exact) mass is 442 g/mol. The van der Waals surface area contributed by atoms with Crippen LogP contribution in [0.4, 0.5) is 10.5 Å². The predicted molar refractivity (Wildman–Crippen MR) is 97.8 cm³/mol. The van der Waals surface area contributed by atoms with Gasteiger partial charge in [-0.25, -0.2) is 4.79 Å². The molecule has 3 heterocycles. The summed E-state index contributed by atoms with van der Waals surface area (Å²) in [7, 11) is 0. The van der Waals surface area contributed by atoms with Crippen LogP contribution in [0.2, 0.25) is 4.34 Å². The van der Waals surface area contributed by atoms with Gasteiger partial charge in [0.25, 0.3) is 5.91 Å². The standard InChI is InChI=1S/C16H12BrClN2O4S/c17-8-1-2-9-11(5-8)23-7-10-12(24-16(22)20(9)10)6-19-15(21)13-3-4-14(18)25-13/h1-5,10,12H,6-7H2,(H,19,21). The highest BCUT2D eigenvalue weighted by molar-refractivity contribution is 9.10. The average molecular weight is 444 g/mol. The first kappa shape index (κ1) is 16.7. The van der Waals surface area contributed by atoms with E-state index in [0.29, 0.717) is 27.3 Å². The number of nitrogens with zero attached hydrogens (tertiary/aromatic N) is 1. The summed E-state index contributed by atoms with van der Waals surface area (Å²) in [5, 5.41) is 2.79. The van der Waals surface area contributed by atoms with Crippen molar-refractivity contribution in [1.82, 2.24) is 5.32 Å². The summed E-state index contributed by atoms with van der Waals surface area (Å²) in [5.74, 6) is 0.382. The highest BCUT2D eigenvalue weighted by Gasteiger charge is 2.46. The molecule has 1 fully saturated rings. The number of hydrogen-bond donors (Lipinski definition) is 1. The van der Waals surface area contributed by atoms with Crippen LogP contribution in [0.3, 0.4) is 0 Å². The van der Waals surface area contributed by atoms with Gasteiger partial charge in [-0.05, 0) is 30.3 Å². The van der Waals surface area contributed by atoms with Crippen molar-refractivity contribution in [1.29, 1.82) is 0 Å². The fourth-order valence-corrected chi connectivity index (χ4v) is 4.20. The number of ether oxygens (including phenoxy) is 2. The first-order valence-electron chi connectivity index (χ1n) is 7.48. The molecule has 2 amide bonds. The Bertz CT molecular complexity index is 858. The van der Waals surface area contributed by atoms with E-state index in [1.165, 1.54) is 11.3 Å². The number of fused-ring (bicyclic) bond motifs is 3. The van der Waals surface area contributed by atoms with Gasteiger partial charge in [-0.3, -0.25) is 9.69 Å². The lowest BCUT2D eigenvalue weighted by atomic mass is 10.1. The summed E-state index contributed by atoms with van der Waals surface area (Å²) >= 11 is 10.4. The largest absolute Gasteiger partial charge is 0.489 e. The average Bonchev–Trinajstić information content (AvgIpc) is 3.16. The van der Waals surface area contributed by atoms with Crippen LogP contribution in [0.1, 0.15) is 9.67 Å². The SMILES string of the molecule is O=C(NCC1OC(=O)N2c3ccc(Br)cc3OCC12)c1ccc(Cl)s1. The third-order valence-electron chi connectivity index (χ3n) is 4.06. The van der Waals surface area contributed by atoms with Crippen LogP contribution in [-0.4, -0.2) is 37.3 Å². The molecular weight excluding hydrogens is 432 g/mol. The quantitative estimate of drug-likeness (QED) is 0.786. The molecule has 9 heteroatoms. The van der Waals surface area contributed by atoms with E-state index in [9.17, 15) is 9.59 Å². The number of benzene rings is 1. The van der Waals surface area contributed by atoms with Gasteiger partial charge in [0.05, 0.1) is 21.4 Å². The van der Waals surface area contributed by atoms with Crippen LogP contribution >= 0.6 is 38.9 Å². The van der Waals surface area contributed by atoms with Crippen molar-refractivity contribution in [2.75, 3.05) is 18.1 Å². The molecule has 0 aliphatic carbocycles. The fraction of sp³-hybridized carbons (Fsp3) is 0.250. The lowest BCUT2D eigenvalue weighted by Gasteiger charge is -2.31. The third-order valence-corrected chi connectivity index (χ3v) is 5.78. The minimum atomic E-state index is -0.483. The third kappa shape index (κ3) is 3.09. The lowest BCUT2D eigenvalue weighted by molar-refractivity contribution is 0.0890. The van der Waals surface area contributed by atoms with E-state index in [4.69, 9.17) is 21.1 Å². The summed E-state index contributed by atoms with van der Waals surface area (Å²) in [6.45, 7) is 0.511. The Kier molecular flexibility index (Phi) is 4.35. The Morgan fingerprint density at radius 3 is 3.00 bits per heavy atom. The summed E-state index contributed by atoms with van der Waals surface area (Å²) in [6.07, 6.45) is -0.918. The van der Waals surface area contributed by atoms with Crippen molar-refractivity contribution in [3.8, 4) is 5.75 Å². The highest BCUT2D eigenvalue weighted by atomic mass is 79.9. The molecule has 1 saturated heterocycles. The van der Waals surface area contributed by atoms with Crippen LogP contribution in [0.5, 0.6) is 5.75 Å². The smallest absolute Gasteiger partial charge is 0.415 e. The van der Waals surface area contributed by atoms with E-state index in [2.05, 4.69) is 21.2 Å². The molecule has 1 aromatic carbocycles. The summed E-state index contributed by atoms with van der Waals surface area (Å²) in [5.41, 5.74) is 0.670. The van der Waals surface area contributed by atoms with Crippen molar-refractivity contribution in [3.05, 3.63) is 44.0 Å². The van der Waals surface area contributed by atoms with Crippen molar-refractivity contribution in [2.24, 2.45) is 0 Å². The van der Waals surface area contributed by atoms with E-state index in [1.807, 2.05) is 12.1 Å². The second-order valence-electron chi connectivity index (χ2n) is 5.60. The molecule has 0 bridgehead atoms. The molecule has 2 atom stereocenters. The Morgan fingerprint density at radius 1 is 1.40 bits per heavy atom. The number of carbonyl (C=O) groups is 2. The highest BCUT2D eigenvalue weighted by Crippen LogP contribution is 2.40.